The summed E-state index contributed by atoms with van der Waals surface area (Å²) in [4.78, 5) is 8.30. The van der Waals surface area contributed by atoms with Crippen LogP contribution in [0.4, 0.5) is 24.0 Å². The number of halogens is 3. The van der Waals surface area contributed by atoms with Crippen LogP contribution in [0, 0.1) is 0 Å². The maximum absolute atomic E-state index is 13.3. The standard InChI is InChI=1S/C22H24F3N3OS/c1-5-9-17-18(22(23,24)25)28-20(30-17)27-15-11-8-13-26-19(15)29-16-12-7-6-10-14(16)21(2,3)4/h6-8,10-13H,5,9H2,1-4H3,(H,27,28). The van der Waals surface area contributed by atoms with E-state index < -0.39 is 11.9 Å². The highest BCUT2D eigenvalue weighted by molar-refractivity contribution is 7.15. The number of ether oxygens (including phenoxy) is 1. The van der Waals surface area contributed by atoms with Crippen LogP contribution in [-0.4, -0.2) is 9.97 Å². The van der Waals surface area contributed by atoms with Crippen LogP contribution in [0.25, 0.3) is 0 Å². The molecule has 0 amide bonds. The van der Waals surface area contributed by atoms with Crippen molar-refractivity contribution in [2.45, 2.75) is 52.1 Å². The van der Waals surface area contributed by atoms with Gasteiger partial charge in [0.1, 0.15) is 11.4 Å². The quantitative estimate of drug-likeness (QED) is 0.440. The summed E-state index contributed by atoms with van der Waals surface area (Å²) in [6.45, 7) is 8.08. The Balaban J connectivity index is 1.93. The van der Waals surface area contributed by atoms with Crippen LogP contribution < -0.4 is 10.1 Å². The summed E-state index contributed by atoms with van der Waals surface area (Å²) < 4.78 is 46.1. The lowest BCUT2D eigenvalue weighted by Gasteiger charge is -2.22. The molecule has 3 rings (SSSR count). The van der Waals surface area contributed by atoms with Crippen molar-refractivity contribution in [3.05, 3.63) is 58.7 Å². The van der Waals surface area contributed by atoms with E-state index in [1.165, 1.54) is 0 Å². The van der Waals surface area contributed by atoms with Gasteiger partial charge in [-0.1, -0.05) is 52.3 Å². The number of rotatable bonds is 6. The van der Waals surface area contributed by atoms with Crippen molar-refractivity contribution in [2.24, 2.45) is 0 Å². The van der Waals surface area contributed by atoms with Gasteiger partial charge in [0, 0.05) is 16.6 Å². The second-order valence-corrected chi connectivity index (χ2v) is 8.95. The van der Waals surface area contributed by atoms with Crippen molar-refractivity contribution >= 4 is 22.2 Å². The lowest BCUT2D eigenvalue weighted by Crippen LogP contribution is -2.12. The Morgan fingerprint density at radius 2 is 1.80 bits per heavy atom. The summed E-state index contributed by atoms with van der Waals surface area (Å²) in [6, 6.07) is 11.0. The molecule has 0 aliphatic heterocycles. The van der Waals surface area contributed by atoms with Crippen LogP contribution in [0.3, 0.4) is 0 Å². The van der Waals surface area contributed by atoms with Crippen LogP contribution in [0.15, 0.2) is 42.6 Å². The second-order valence-electron chi connectivity index (χ2n) is 7.87. The minimum atomic E-state index is -4.49. The van der Waals surface area contributed by atoms with Crippen molar-refractivity contribution in [3.8, 4) is 11.6 Å². The molecule has 0 fully saturated rings. The van der Waals surface area contributed by atoms with Gasteiger partial charge < -0.3 is 10.1 Å². The number of benzene rings is 1. The zero-order chi connectivity index (χ0) is 21.9. The SMILES string of the molecule is CCCc1sc(Nc2cccnc2Oc2ccccc2C(C)(C)C)nc1C(F)(F)F. The predicted molar refractivity (Wildman–Crippen MR) is 114 cm³/mol. The van der Waals surface area contributed by atoms with Gasteiger partial charge in [0.2, 0.25) is 5.88 Å². The molecule has 4 nitrogen and oxygen atoms in total. The fraction of sp³-hybridized carbons (Fsp3) is 0.364. The number of aromatic nitrogens is 2. The smallest absolute Gasteiger partial charge is 0.434 e. The largest absolute Gasteiger partial charge is 0.437 e. The molecule has 160 valence electrons. The number of alkyl halides is 3. The zero-order valence-electron chi connectivity index (χ0n) is 17.3. The van der Waals surface area contributed by atoms with E-state index in [9.17, 15) is 13.2 Å². The lowest BCUT2D eigenvalue weighted by molar-refractivity contribution is -0.141. The molecule has 0 aliphatic carbocycles. The highest BCUT2D eigenvalue weighted by atomic mass is 32.1. The first-order valence-electron chi connectivity index (χ1n) is 9.66. The van der Waals surface area contributed by atoms with Gasteiger partial charge in [-0.25, -0.2) is 9.97 Å². The maximum Gasteiger partial charge on any atom is 0.434 e. The third-order valence-corrected chi connectivity index (χ3v) is 5.39. The molecule has 1 aromatic carbocycles. The number of aryl methyl sites for hydroxylation is 1. The van der Waals surface area contributed by atoms with Crippen molar-refractivity contribution < 1.29 is 17.9 Å². The van der Waals surface area contributed by atoms with Crippen LogP contribution >= 0.6 is 11.3 Å². The summed E-state index contributed by atoms with van der Waals surface area (Å²) in [6.07, 6.45) is -1.98. The zero-order valence-corrected chi connectivity index (χ0v) is 18.1. The molecule has 0 atom stereocenters. The number of hydrogen-bond acceptors (Lipinski definition) is 5. The number of pyridine rings is 1. The van der Waals surface area contributed by atoms with Gasteiger partial charge >= 0.3 is 6.18 Å². The Labute approximate surface area is 178 Å². The summed E-state index contributed by atoms with van der Waals surface area (Å²) in [5.41, 5.74) is 0.471. The highest BCUT2D eigenvalue weighted by Crippen LogP contribution is 2.40. The molecule has 0 spiro atoms. The Morgan fingerprint density at radius 1 is 1.07 bits per heavy atom. The number of hydrogen-bond donors (Lipinski definition) is 1. The van der Waals surface area contributed by atoms with E-state index >= 15 is 0 Å². The third kappa shape index (κ3) is 5.11. The predicted octanol–water partition coefficient (Wildman–Crippen LogP) is 7.34. The van der Waals surface area contributed by atoms with Gasteiger partial charge in [0.15, 0.2) is 10.8 Å². The first-order chi connectivity index (χ1) is 14.1. The van der Waals surface area contributed by atoms with E-state index in [4.69, 9.17) is 4.74 Å². The third-order valence-electron chi connectivity index (χ3n) is 4.36. The molecule has 8 heteroatoms. The maximum atomic E-state index is 13.3. The van der Waals surface area contributed by atoms with Gasteiger partial charge in [-0.05, 0) is 30.0 Å². The molecule has 0 saturated heterocycles. The van der Waals surface area contributed by atoms with Gasteiger partial charge in [-0.3, -0.25) is 0 Å². The molecule has 2 aromatic heterocycles. The van der Waals surface area contributed by atoms with Crippen LogP contribution in [0.2, 0.25) is 0 Å². The van der Waals surface area contributed by atoms with E-state index in [1.54, 1.807) is 18.3 Å². The number of anilines is 2. The number of para-hydroxylation sites is 1. The van der Waals surface area contributed by atoms with Crippen molar-refractivity contribution in [2.75, 3.05) is 5.32 Å². The molecule has 1 N–H and O–H groups in total. The second kappa shape index (κ2) is 8.63. The van der Waals surface area contributed by atoms with E-state index in [2.05, 4.69) is 36.1 Å². The first-order valence-corrected chi connectivity index (χ1v) is 10.5. The van der Waals surface area contributed by atoms with Gasteiger partial charge in [0.05, 0.1) is 0 Å². The number of nitrogens with zero attached hydrogens (tertiary/aromatic N) is 2. The van der Waals surface area contributed by atoms with Crippen molar-refractivity contribution in [1.82, 2.24) is 9.97 Å². The van der Waals surface area contributed by atoms with E-state index in [-0.39, 0.29) is 21.3 Å². The van der Waals surface area contributed by atoms with Crippen LogP contribution in [-0.2, 0) is 18.0 Å². The highest BCUT2D eigenvalue weighted by Gasteiger charge is 2.37. The molecular weight excluding hydrogens is 411 g/mol. The van der Waals surface area contributed by atoms with E-state index in [0.29, 0.717) is 24.3 Å². The molecule has 0 saturated carbocycles. The van der Waals surface area contributed by atoms with Crippen molar-refractivity contribution in [1.29, 1.82) is 0 Å². The fourth-order valence-corrected chi connectivity index (χ4v) is 4.08. The fourth-order valence-electron chi connectivity index (χ4n) is 2.99. The molecular formula is C22H24F3N3OS. The minimum absolute atomic E-state index is 0.148. The average Bonchev–Trinajstić information content (AvgIpc) is 3.06. The van der Waals surface area contributed by atoms with Crippen LogP contribution in [0.5, 0.6) is 11.6 Å². The lowest BCUT2D eigenvalue weighted by atomic mass is 9.86. The molecule has 0 radical (unpaired) electrons. The van der Waals surface area contributed by atoms with Gasteiger partial charge in [-0.15, -0.1) is 11.3 Å². The molecule has 3 aromatic rings. The first kappa shape index (κ1) is 22.1. The summed E-state index contributed by atoms with van der Waals surface area (Å²) in [5, 5.41) is 3.12. The van der Waals surface area contributed by atoms with Crippen LogP contribution in [0.1, 0.15) is 50.3 Å². The molecule has 0 unspecified atom stereocenters. The van der Waals surface area contributed by atoms with Gasteiger partial charge in [-0.2, -0.15) is 13.2 Å². The van der Waals surface area contributed by atoms with Crippen molar-refractivity contribution in [3.63, 3.8) is 0 Å². The summed E-state index contributed by atoms with van der Waals surface area (Å²) in [7, 11) is 0. The molecule has 2 heterocycles. The Bertz CT molecular complexity index is 1010. The Hall–Kier alpha value is -2.61. The topological polar surface area (TPSA) is 47.0 Å². The molecule has 0 aliphatic rings. The van der Waals surface area contributed by atoms with E-state index in [0.717, 1.165) is 16.9 Å². The summed E-state index contributed by atoms with van der Waals surface area (Å²) in [5.74, 6) is 0.920. The van der Waals surface area contributed by atoms with Gasteiger partial charge in [0.25, 0.3) is 0 Å². The minimum Gasteiger partial charge on any atom is -0.437 e. The molecule has 30 heavy (non-hydrogen) atoms. The number of thiazole rings is 1. The summed E-state index contributed by atoms with van der Waals surface area (Å²) >= 11 is 1.00. The van der Waals surface area contributed by atoms with E-state index in [1.807, 2.05) is 31.2 Å². The monoisotopic (exact) mass is 435 g/mol. The Kier molecular flexibility index (Phi) is 6.36. The molecule has 0 bridgehead atoms. The average molecular weight is 436 g/mol. The number of nitrogens with one attached hydrogen (secondary N) is 1. The normalized spacial score (nSPS) is 12.1. The Morgan fingerprint density at radius 3 is 2.47 bits per heavy atom.